The summed E-state index contributed by atoms with van der Waals surface area (Å²) in [4.78, 5) is 17.0. The molecule has 4 heterocycles. The number of nitriles is 4. The summed E-state index contributed by atoms with van der Waals surface area (Å²) in [6, 6.07) is 64.1. The minimum absolute atomic E-state index is 0.00849. The van der Waals surface area contributed by atoms with Gasteiger partial charge in [-0.05, 0) is 269 Å². The van der Waals surface area contributed by atoms with Gasteiger partial charge in [0.15, 0.2) is 0 Å². The zero-order chi connectivity index (χ0) is 79.8. The van der Waals surface area contributed by atoms with Crippen LogP contribution in [0.4, 0.5) is 21.9 Å². The lowest BCUT2D eigenvalue weighted by atomic mass is 10.1. The third-order valence-corrected chi connectivity index (χ3v) is 19.4. The van der Waals surface area contributed by atoms with Gasteiger partial charge in [0, 0.05) is 79.9 Å². The van der Waals surface area contributed by atoms with Crippen LogP contribution in [0.5, 0.6) is 23.0 Å². The van der Waals surface area contributed by atoms with Gasteiger partial charge >= 0.3 is 6.09 Å². The molecule has 0 saturated heterocycles. The van der Waals surface area contributed by atoms with Crippen LogP contribution in [0.25, 0.3) is 88.6 Å². The summed E-state index contributed by atoms with van der Waals surface area (Å²) in [5.41, 5.74) is 21.8. The minimum atomic E-state index is -3.19. The average Bonchev–Trinajstić information content (AvgIpc) is 1.63. The molecule has 572 valence electrons. The van der Waals surface area contributed by atoms with E-state index in [9.17, 15) is 34.3 Å². The number of fused-ring (bicyclic) bond motifs is 4. The molecule has 0 atom stereocenters. The van der Waals surface area contributed by atoms with Gasteiger partial charge in [-0.25, -0.2) is 18.1 Å². The number of rotatable bonds is 23. The van der Waals surface area contributed by atoms with Crippen LogP contribution in [-0.4, -0.2) is 77.2 Å². The highest BCUT2D eigenvalue weighted by atomic mass is 79.9. The summed E-state index contributed by atoms with van der Waals surface area (Å²) in [5.74, 6) is 3.30. The number of carbonyl (C=O) groups excluding carboxylic acids is 1. The van der Waals surface area contributed by atoms with Gasteiger partial charge in [0.05, 0.1) is 106 Å². The quantitative estimate of drug-likeness (QED) is 0.0102. The highest BCUT2D eigenvalue weighted by Crippen LogP contribution is 2.41. The molecule has 4 N–H and O–H groups in total. The molecule has 4 aromatic heterocycles. The summed E-state index contributed by atoms with van der Waals surface area (Å²) < 4.78 is 64.6. The third kappa shape index (κ3) is 20.8. The Morgan fingerprint density at radius 1 is 0.464 bits per heavy atom. The molecule has 0 spiro atoms. The van der Waals surface area contributed by atoms with Crippen molar-refractivity contribution >= 4 is 115 Å². The fraction of sp³-hybridized carbons (Fsp3) is 0.282. The van der Waals surface area contributed by atoms with Gasteiger partial charge in [-0.15, -0.1) is 4.33 Å². The number of aryl methyl sites for hydroxylation is 4. The van der Waals surface area contributed by atoms with Crippen molar-refractivity contribution in [2.45, 2.75) is 122 Å². The van der Waals surface area contributed by atoms with Crippen LogP contribution in [-0.2, 0) is 49.2 Å². The number of amides is 1. The first-order chi connectivity index (χ1) is 52.9. The van der Waals surface area contributed by atoms with Gasteiger partial charge in [0.2, 0.25) is 9.05 Å². The number of nitrogens with zero attached hydrogens (tertiary/aromatic N) is 8. The first kappa shape index (κ1) is 84.6. The molecule has 0 fully saturated rings. The van der Waals surface area contributed by atoms with Crippen molar-refractivity contribution < 1.29 is 46.1 Å². The predicted molar refractivity (Wildman–Crippen MR) is 447 cm³/mol. The van der Waals surface area contributed by atoms with Crippen LogP contribution in [0.3, 0.4) is 0 Å². The van der Waals surface area contributed by atoms with Crippen molar-refractivity contribution in [3.8, 4) is 92.3 Å². The van der Waals surface area contributed by atoms with Crippen molar-refractivity contribution in [3.63, 3.8) is 0 Å². The van der Waals surface area contributed by atoms with Crippen molar-refractivity contribution in [1.29, 1.82) is 21.0 Å². The van der Waals surface area contributed by atoms with Crippen LogP contribution >= 0.6 is 38.8 Å². The summed E-state index contributed by atoms with van der Waals surface area (Å²) >= 11 is 4.53. The molecule has 0 aliphatic carbocycles. The summed E-state index contributed by atoms with van der Waals surface area (Å²) in [5, 5.41) is 45.6. The molecule has 0 saturated carbocycles. The molecule has 12 rings (SSSR count). The first-order valence-electron chi connectivity index (χ1n) is 36.2. The molecule has 25 heteroatoms. The number of halogens is 2. The molecular formula is C85H91BrClN11O10S2. The summed E-state index contributed by atoms with van der Waals surface area (Å²) in [7, 11) is 1.50. The smallest absolute Gasteiger partial charge is 0.412 e. The Balaban J connectivity index is 0.000000181. The Bertz CT molecular complexity index is 5300. The molecule has 0 aliphatic rings. The van der Waals surface area contributed by atoms with Gasteiger partial charge in [0.1, 0.15) is 65.1 Å². The topological polar surface area (TPSA) is 281 Å². The minimum Gasteiger partial charge on any atom is -0.494 e. The van der Waals surface area contributed by atoms with E-state index in [1.54, 1.807) is 6.07 Å². The number of hydrogen-bond donors (Lipinski definition) is 3. The second-order valence-corrected chi connectivity index (χ2v) is 29.7. The average molecular weight is 1610 g/mol. The van der Waals surface area contributed by atoms with Gasteiger partial charge in [-0.2, -0.15) is 21.0 Å². The molecule has 0 bridgehead atoms. The summed E-state index contributed by atoms with van der Waals surface area (Å²) in [6.07, 6.45) is -0.510. The molecule has 0 radical (unpaired) electrons. The van der Waals surface area contributed by atoms with Gasteiger partial charge < -0.3 is 52.4 Å². The van der Waals surface area contributed by atoms with E-state index in [0.29, 0.717) is 67.6 Å². The lowest BCUT2D eigenvalue weighted by Crippen LogP contribution is -2.27. The molecule has 21 nitrogen and oxygen atoms in total. The lowest BCUT2D eigenvalue weighted by molar-refractivity contribution is -0.185. The number of ether oxygens (including phenoxy) is 5. The number of carbonyl (C=O) groups is 1. The maximum Gasteiger partial charge on any atom is 0.412 e. The monoisotopic (exact) mass is 1600 g/mol. The molecular weight excluding hydrogens is 1510 g/mol. The maximum atomic E-state index is 12.1. The van der Waals surface area contributed by atoms with Crippen LogP contribution in [0, 0.1) is 45.3 Å². The molecule has 0 unspecified atom stereocenters. The number of aromatic nitrogens is 4. The van der Waals surface area contributed by atoms with Gasteiger partial charge in [0.25, 0.3) is 0 Å². The van der Waals surface area contributed by atoms with Gasteiger partial charge in [-0.1, -0.05) is 28.9 Å². The zero-order valence-electron chi connectivity index (χ0n) is 64.0. The van der Waals surface area contributed by atoms with Crippen LogP contribution in [0.15, 0.2) is 174 Å². The highest BCUT2D eigenvalue weighted by molar-refractivity contribution is 9.10. The standard InChI is InChI=1S/C24H27N3O3.C21H23N3O3S.C19H17BrN2O.C19H19N3O.C2H5ClO2S/c1-6-27-21-14-17(26-23(28)30-24(3,4)5)10-13-19(21)20(15-25)22(27)16-8-11-18(12-9-16)29-7-2;1-4-24-20-13-16(23-28-27-26-6-3)9-12-18(20)19(14-22)21(24)15-7-10-17(11-8-15)25-5-2;1-3-22-18-11-14(20)7-10-16(18)17(12-21)19(22)13-5-8-15(9-6-13)23-4-2;1-3-22-18-11-14(21)7-10-16(18)17(12-20)19(22)13-5-8-15(9-6-13)23-4-2;1-2-6(3,4)5/h8-14H,6-7H2,1-5H3,(H,26,28);7-13,23H,4-6H2,1-3H3;5-11H,3-4H2,1-2H3;5-11H,3-4,21H2,1-2H3;2H2,1H3. The summed E-state index contributed by atoms with van der Waals surface area (Å²) in [6.45, 7) is 30.9. The fourth-order valence-corrected chi connectivity index (χ4v) is 13.3. The van der Waals surface area contributed by atoms with E-state index < -0.39 is 20.7 Å². The number of anilines is 3. The number of hydrogen-bond acceptors (Lipinski definition) is 17. The van der Waals surface area contributed by atoms with Crippen LogP contribution in [0.2, 0.25) is 0 Å². The Hall–Kier alpha value is -11.1. The highest BCUT2D eigenvalue weighted by Gasteiger charge is 2.24. The van der Waals surface area contributed by atoms with Crippen molar-refractivity contribution in [1.82, 2.24) is 18.3 Å². The van der Waals surface area contributed by atoms with E-state index in [-0.39, 0.29) is 5.75 Å². The molecule has 1 amide bonds. The zero-order valence-corrected chi connectivity index (χ0v) is 68.0. The van der Waals surface area contributed by atoms with Crippen molar-refractivity contribution in [2.75, 3.05) is 54.6 Å². The normalized spacial score (nSPS) is 10.9. The predicted octanol–water partition coefficient (Wildman–Crippen LogP) is 21.6. The Kier molecular flexibility index (Phi) is 30.6. The largest absolute Gasteiger partial charge is 0.494 e. The SMILES string of the molecule is CCOOSNc1ccc2c(C#N)c(-c3ccc(OCC)cc3)n(CC)c2c1.CCOc1ccc(-c2c(C#N)c3ccc(Br)cc3n2CC)cc1.CCOc1ccc(-c2c(C#N)c3ccc(N)cc3n2CC)cc1.CCOc1ccc(-c2c(C#N)c3ccc(NC(=O)OC(C)(C)C)cc3n2CC)cc1.CCS(=O)(=O)Cl. The Morgan fingerprint density at radius 3 is 1.08 bits per heavy atom. The van der Waals surface area contributed by atoms with E-state index in [1.165, 1.54) is 6.92 Å². The van der Waals surface area contributed by atoms with E-state index in [0.717, 1.165) is 159 Å². The van der Waals surface area contributed by atoms with Crippen molar-refractivity contribution in [2.24, 2.45) is 0 Å². The van der Waals surface area contributed by atoms with Crippen molar-refractivity contribution in [3.05, 3.63) is 197 Å². The van der Waals surface area contributed by atoms with E-state index in [4.69, 9.17) is 38.6 Å². The molecule has 8 aromatic carbocycles. The molecule has 110 heavy (non-hydrogen) atoms. The molecule has 12 aromatic rings. The Labute approximate surface area is 661 Å². The fourth-order valence-electron chi connectivity index (χ4n) is 12.6. The van der Waals surface area contributed by atoms with Crippen LogP contribution < -0.4 is 34.7 Å². The second kappa shape index (κ2) is 39.9. The first-order valence-corrected chi connectivity index (χ1v) is 40.2. The van der Waals surface area contributed by atoms with Gasteiger partial charge in [-0.3, -0.25) is 5.32 Å². The van der Waals surface area contributed by atoms with E-state index in [2.05, 4.69) is 106 Å². The third-order valence-electron chi connectivity index (χ3n) is 17.1. The van der Waals surface area contributed by atoms with E-state index in [1.807, 2.05) is 220 Å². The molecule has 0 aliphatic heterocycles. The number of benzene rings is 8. The van der Waals surface area contributed by atoms with E-state index >= 15 is 0 Å². The Morgan fingerprint density at radius 2 is 0.773 bits per heavy atom. The maximum absolute atomic E-state index is 12.1. The number of nitrogen functional groups attached to an aromatic ring is 1. The number of nitrogens with two attached hydrogens (primary N) is 1. The van der Waals surface area contributed by atoms with Crippen LogP contribution in [0.1, 0.15) is 112 Å². The number of nitrogens with one attached hydrogen (secondary N) is 2. The second-order valence-electron chi connectivity index (χ2n) is 25.2. The lowest BCUT2D eigenvalue weighted by Gasteiger charge is -2.19.